The van der Waals surface area contributed by atoms with Gasteiger partial charge in [-0.3, -0.25) is 0 Å². The maximum absolute atomic E-state index is 5.76. The summed E-state index contributed by atoms with van der Waals surface area (Å²) in [5, 5.41) is 0. The second-order valence-electron chi connectivity index (χ2n) is 6.40. The molecule has 0 heterocycles. The Morgan fingerprint density at radius 3 is 1.94 bits per heavy atom. The van der Waals surface area contributed by atoms with Crippen LogP contribution in [0, 0.1) is 24.7 Å². The SMILES string of the molecule is C#CC(C)(CCC(C)(C)C)c1ccc(C)cc1. The zero-order valence-electron chi connectivity index (χ0n) is 11.8. The van der Waals surface area contributed by atoms with Crippen LogP contribution in [0.3, 0.4) is 0 Å². The standard InChI is InChI=1S/C17H24/c1-7-17(6,13-12-16(3,4)5)15-10-8-14(2)9-11-15/h1,8-11H,12-13H2,2-6H3. The van der Waals surface area contributed by atoms with Crippen molar-refractivity contribution in [2.45, 2.75) is 52.9 Å². The van der Waals surface area contributed by atoms with Gasteiger partial charge < -0.3 is 0 Å². The van der Waals surface area contributed by atoms with Crippen LogP contribution in [0.1, 0.15) is 51.7 Å². The molecular weight excluding hydrogens is 204 g/mol. The summed E-state index contributed by atoms with van der Waals surface area (Å²) in [6, 6.07) is 8.61. The fraction of sp³-hybridized carbons (Fsp3) is 0.529. The molecule has 0 spiro atoms. The van der Waals surface area contributed by atoms with Crippen molar-refractivity contribution in [1.29, 1.82) is 0 Å². The predicted molar refractivity (Wildman–Crippen MR) is 76.1 cm³/mol. The minimum Gasteiger partial charge on any atom is -0.119 e. The lowest BCUT2D eigenvalue weighted by molar-refractivity contribution is 0.333. The monoisotopic (exact) mass is 228 g/mol. The number of terminal acetylenes is 1. The lowest BCUT2D eigenvalue weighted by Gasteiger charge is -2.28. The molecule has 0 saturated heterocycles. The fourth-order valence-corrected chi connectivity index (χ4v) is 1.85. The Bertz CT molecular complexity index is 397. The van der Waals surface area contributed by atoms with Gasteiger partial charge in [0.05, 0.1) is 5.41 Å². The summed E-state index contributed by atoms with van der Waals surface area (Å²) in [4.78, 5) is 0. The third-order valence-electron chi connectivity index (χ3n) is 3.38. The summed E-state index contributed by atoms with van der Waals surface area (Å²) in [6.45, 7) is 11.1. The number of benzene rings is 1. The summed E-state index contributed by atoms with van der Waals surface area (Å²) in [5.41, 5.74) is 2.74. The first-order chi connectivity index (χ1) is 7.77. The highest BCUT2D eigenvalue weighted by Crippen LogP contribution is 2.33. The molecule has 0 N–H and O–H groups in total. The molecule has 92 valence electrons. The molecule has 1 aromatic rings. The van der Waals surface area contributed by atoms with Crippen molar-refractivity contribution in [3.8, 4) is 12.3 Å². The second kappa shape index (κ2) is 4.96. The first kappa shape index (κ1) is 13.8. The van der Waals surface area contributed by atoms with Crippen molar-refractivity contribution >= 4 is 0 Å². The third kappa shape index (κ3) is 3.93. The molecule has 0 bridgehead atoms. The van der Waals surface area contributed by atoms with Crippen LogP contribution < -0.4 is 0 Å². The van der Waals surface area contributed by atoms with Crippen LogP contribution >= 0.6 is 0 Å². The number of hydrogen-bond donors (Lipinski definition) is 0. The Morgan fingerprint density at radius 2 is 1.53 bits per heavy atom. The van der Waals surface area contributed by atoms with Crippen molar-refractivity contribution in [3.05, 3.63) is 35.4 Å². The molecule has 0 aromatic heterocycles. The summed E-state index contributed by atoms with van der Waals surface area (Å²) in [7, 11) is 0. The summed E-state index contributed by atoms with van der Waals surface area (Å²) >= 11 is 0. The molecule has 0 aliphatic carbocycles. The van der Waals surface area contributed by atoms with Gasteiger partial charge in [-0.05, 0) is 37.7 Å². The molecule has 1 unspecified atom stereocenters. The third-order valence-corrected chi connectivity index (χ3v) is 3.38. The zero-order chi connectivity index (χ0) is 13.1. The Labute approximate surface area is 106 Å². The van der Waals surface area contributed by atoms with Crippen molar-refractivity contribution in [2.24, 2.45) is 5.41 Å². The van der Waals surface area contributed by atoms with Crippen LogP contribution in [0.2, 0.25) is 0 Å². The van der Waals surface area contributed by atoms with Gasteiger partial charge >= 0.3 is 0 Å². The maximum atomic E-state index is 5.76. The number of hydrogen-bond acceptors (Lipinski definition) is 0. The first-order valence-corrected chi connectivity index (χ1v) is 6.32. The van der Waals surface area contributed by atoms with Gasteiger partial charge in [0.25, 0.3) is 0 Å². The average molecular weight is 228 g/mol. The summed E-state index contributed by atoms with van der Waals surface area (Å²) < 4.78 is 0. The van der Waals surface area contributed by atoms with Crippen LogP contribution in [-0.4, -0.2) is 0 Å². The van der Waals surface area contributed by atoms with E-state index < -0.39 is 0 Å². The maximum Gasteiger partial charge on any atom is 0.0532 e. The van der Waals surface area contributed by atoms with E-state index in [4.69, 9.17) is 6.42 Å². The minimum absolute atomic E-state index is 0.138. The van der Waals surface area contributed by atoms with Crippen LogP contribution in [0.25, 0.3) is 0 Å². The van der Waals surface area contributed by atoms with Gasteiger partial charge in [0.2, 0.25) is 0 Å². The van der Waals surface area contributed by atoms with Gasteiger partial charge in [0.15, 0.2) is 0 Å². The molecule has 1 aromatic carbocycles. The van der Waals surface area contributed by atoms with Gasteiger partial charge in [0.1, 0.15) is 0 Å². The van der Waals surface area contributed by atoms with Gasteiger partial charge in [0, 0.05) is 0 Å². The molecule has 1 atom stereocenters. The molecule has 0 heteroatoms. The van der Waals surface area contributed by atoms with E-state index in [0.717, 1.165) is 12.8 Å². The first-order valence-electron chi connectivity index (χ1n) is 6.32. The smallest absolute Gasteiger partial charge is 0.0532 e. The highest BCUT2D eigenvalue weighted by Gasteiger charge is 2.26. The van der Waals surface area contributed by atoms with E-state index in [2.05, 4.69) is 64.8 Å². The van der Waals surface area contributed by atoms with Gasteiger partial charge in [-0.25, -0.2) is 0 Å². The fourth-order valence-electron chi connectivity index (χ4n) is 1.85. The number of aryl methyl sites for hydroxylation is 1. The molecule has 17 heavy (non-hydrogen) atoms. The Balaban J connectivity index is 2.89. The average Bonchev–Trinajstić information content (AvgIpc) is 2.26. The van der Waals surface area contributed by atoms with Gasteiger partial charge in [-0.2, -0.15) is 0 Å². The van der Waals surface area contributed by atoms with E-state index in [9.17, 15) is 0 Å². The molecule has 0 fully saturated rings. The van der Waals surface area contributed by atoms with E-state index >= 15 is 0 Å². The van der Waals surface area contributed by atoms with Crippen LogP contribution in [-0.2, 0) is 5.41 Å². The normalized spacial score (nSPS) is 15.1. The summed E-state index contributed by atoms with van der Waals surface area (Å²) in [5.74, 6) is 2.99. The molecule has 0 nitrogen and oxygen atoms in total. The highest BCUT2D eigenvalue weighted by atomic mass is 14.3. The van der Waals surface area contributed by atoms with Crippen LogP contribution in [0.4, 0.5) is 0 Å². The molecule has 0 aliphatic heterocycles. The van der Waals surface area contributed by atoms with E-state index in [1.165, 1.54) is 11.1 Å². The highest BCUT2D eigenvalue weighted by molar-refractivity contribution is 5.34. The van der Waals surface area contributed by atoms with E-state index in [1.54, 1.807) is 0 Å². The van der Waals surface area contributed by atoms with Crippen molar-refractivity contribution in [1.82, 2.24) is 0 Å². The van der Waals surface area contributed by atoms with Crippen molar-refractivity contribution in [2.75, 3.05) is 0 Å². The number of rotatable bonds is 3. The van der Waals surface area contributed by atoms with Crippen molar-refractivity contribution < 1.29 is 0 Å². The topological polar surface area (TPSA) is 0 Å². The molecule has 0 radical (unpaired) electrons. The van der Waals surface area contributed by atoms with Crippen LogP contribution in [0.15, 0.2) is 24.3 Å². The van der Waals surface area contributed by atoms with E-state index in [0.29, 0.717) is 5.41 Å². The summed E-state index contributed by atoms with van der Waals surface area (Å²) in [6.07, 6.45) is 7.93. The Hall–Kier alpha value is -1.22. The Kier molecular flexibility index (Phi) is 4.04. The Morgan fingerprint density at radius 1 is 1.00 bits per heavy atom. The van der Waals surface area contributed by atoms with Crippen LogP contribution in [0.5, 0.6) is 0 Å². The minimum atomic E-state index is -0.138. The molecule has 0 saturated carbocycles. The molecular formula is C17H24. The van der Waals surface area contributed by atoms with Gasteiger partial charge in [-0.15, -0.1) is 6.42 Å². The lowest BCUT2D eigenvalue weighted by Crippen LogP contribution is -2.22. The second-order valence-corrected chi connectivity index (χ2v) is 6.40. The zero-order valence-corrected chi connectivity index (χ0v) is 11.8. The quantitative estimate of drug-likeness (QED) is 0.657. The van der Waals surface area contributed by atoms with E-state index in [-0.39, 0.29) is 5.41 Å². The molecule has 1 rings (SSSR count). The largest absolute Gasteiger partial charge is 0.119 e. The van der Waals surface area contributed by atoms with E-state index in [1.807, 2.05) is 0 Å². The van der Waals surface area contributed by atoms with Crippen molar-refractivity contribution in [3.63, 3.8) is 0 Å². The molecule has 0 amide bonds. The molecule has 0 aliphatic rings. The lowest BCUT2D eigenvalue weighted by atomic mass is 9.75. The van der Waals surface area contributed by atoms with Gasteiger partial charge in [-0.1, -0.05) is 56.5 Å². The predicted octanol–water partition coefficient (Wildman–Crippen LogP) is 4.71.